The summed E-state index contributed by atoms with van der Waals surface area (Å²) in [5.41, 5.74) is 3.02. The predicted molar refractivity (Wildman–Crippen MR) is 406 cm³/mol. The van der Waals surface area contributed by atoms with Crippen LogP contribution >= 0.6 is 11.6 Å². The van der Waals surface area contributed by atoms with Crippen molar-refractivity contribution in [2.24, 2.45) is 0 Å². The summed E-state index contributed by atoms with van der Waals surface area (Å²) in [6.07, 6.45) is 8.04. The van der Waals surface area contributed by atoms with E-state index < -0.39 is 35.6 Å². The van der Waals surface area contributed by atoms with E-state index in [1.54, 1.807) is 4.90 Å². The molecule has 7 fully saturated rings. The first-order valence-electron chi connectivity index (χ1n) is 36.9. The van der Waals surface area contributed by atoms with Gasteiger partial charge in [0.2, 0.25) is 5.91 Å². The predicted octanol–water partition coefficient (Wildman–Crippen LogP) is 10.5. The molecule has 0 aromatic heterocycles. The number of amides is 4. The molecule has 4 aromatic carbocycles. The van der Waals surface area contributed by atoms with Gasteiger partial charge in [-0.1, -0.05) is 163 Å². The third-order valence-electron chi connectivity index (χ3n) is 17.4. The fourth-order valence-corrected chi connectivity index (χ4v) is 10.5. The van der Waals surface area contributed by atoms with Gasteiger partial charge >= 0.3 is 35.6 Å². The third kappa shape index (κ3) is 39.1. The van der Waals surface area contributed by atoms with Gasteiger partial charge < -0.3 is 79.3 Å². The number of nitrogens with zero attached hydrogens (tertiary/aromatic N) is 6. The zero-order chi connectivity index (χ0) is 76.7. The Bertz CT molecular complexity index is 2870. The van der Waals surface area contributed by atoms with Gasteiger partial charge in [-0.25, -0.2) is 24.0 Å². The number of aliphatic hydroxyl groups excluding tert-OH is 1. The number of aliphatic carboxylic acids is 2. The van der Waals surface area contributed by atoms with Gasteiger partial charge in [0.25, 0.3) is 0 Å². The largest absolute Gasteiger partial charge is 0.480 e. The number of likely N-dealkylation sites (N-methyl/N-ethyl adjacent to an activating group) is 3. The summed E-state index contributed by atoms with van der Waals surface area (Å²) >= 11 is 4.97. The summed E-state index contributed by atoms with van der Waals surface area (Å²) in [6, 6.07) is 37.8. The molecule has 25 nitrogen and oxygen atoms in total. The molecule has 27 heteroatoms. The lowest BCUT2D eigenvalue weighted by molar-refractivity contribution is -0.147. The van der Waals surface area contributed by atoms with Gasteiger partial charge in [0.15, 0.2) is 0 Å². The van der Waals surface area contributed by atoms with E-state index in [0.29, 0.717) is 45.2 Å². The van der Waals surface area contributed by atoms with Crippen molar-refractivity contribution in [2.75, 3.05) is 125 Å². The average molecular weight is 1480 g/mol. The molecule has 0 bridgehead atoms. The van der Waals surface area contributed by atoms with Crippen molar-refractivity contribution in [3.63, 3.8) is 0 Å². The summed E-state index contributed by atoms with van der Waals surface area (Å²) in [5, 5.41) is 33.2. The molecule has 6 N–H and O–H groups in total. The summed E-state index contributed by atoms with van der Waals surface area (Å²) < 4.78 is 30.1. The number of nitrogens with one attached hydrogen (secondary N) is 3. The van der Waals surface area contributed by atoms with Crippen molar-refractivity contribution in [3.8, 4) is 0 Å². The van der Waals surface area contributed by atoms with Crippen LogP contribution in [0.5, 0.6) is 0 Å². The van der Waals surface area contributed by atoms with Gasteiger partial charge in [0.05, 0.1) is 0 Å². The molecule has 7 aliphatic rings. The monoisotopic (exact) mass is 1470 g/mol. The number of benzene rings is 4. The van der Waals surface area contributed by atoms with Crippen LogP contribution in [0.15, 0.2) is 121 Å². The van der Waals surface area contributed by atoms with Crippen LogP contribution in [0.3, 0.4) is 0 Å². The van der Waals surface area contributed by atoms with Crippen LogP contribution in [-0.2, 0) is 69.2 Å². The number of aliphatic hydroxyl groups is 1. The van der Waals surface area contributed by atoms with Gasteiger partial charge in [-0.05, 0) is 146 Å². The normalized spacial score (nSPS) is 18.8. The molecule has 4 amide bonds. The molecule has 7 aliphatic heterocycles. The van der Waals surface area contributed by atoms with Gasteiger partial charge in [-0.15, -0.1) is 0 Å². The minimum Gasteiger partial charge on any atom is -0.480 e. The Morgan fingerprint density at radius 1 is 0.500 bits per heavy atom. The number of halogens is 1. The fraction of sp³-hybridized carbons (Fsp3) is 0.597. The highest BCUT2D eigenvalue weighted by Gasteiger charge is 2.41. The quantitative estimate of drug-likeness (QED) is 0.0229. The first-order chi connectivity index (χ1) is 50.4. The molecule has 2 radical (unpaired) electrons. The maximum absolute atomic E-state index is 12.3. The van der Waals surface area contributed by atoms with E-state index >= 15 is 0 Å². The van der Waals surface area contributed by atoms with Crippen LogP contribution in [0.4, 0.5) is 19.2 Å². The number of carbonyl (C=O) groups excluding carboxylic acids is 5. The second-order valence-electron chi connectivity index (χ2n) is 24.5. The number of hydrogen-bond acceptors (Lipinski definition) is 19. The first kappa shape index (κ1) is 92.7. The highest BCUT2D eigenvalue weighted by atomic mass is 35.5. The van der Waals surface area contributed by atoms with E-state index in [1.807, 2.05) is 140 Å². The maximum Gasteiger partial charge on any atom is 0.410 e. The number of ether oxygens (including phenoxy) is 6. The SMILES string of the molecule is C1CCOC1.CCN(CC)C(=O)[C@@H]1CCN1C(=O)OCc1ccccc1.CCN(CC)C[C@@H]1CCN1.CCN(CC)C[C@@H]1CCN1C(=O)OCc1ccccc1.CCNCC.CO.O=C(Cl)OCc1ccccc1.O=C(O)[C@@H]1CCN1.O=C(O)[C@@H]1CCN1C(=O)OCc1ccccc1.[B]C1CCCO1. The number of carboxylic acids is 2. The highest BCUT2D eigenvalue weighted by molar-refractivity contribution is 6.61. The highest BCUT2D eigenvalue weighted by Crippen LogP contribution is 2.23. The second kappa shape index (κ2) is 57.9. The van der Waals surface area contributed by atoms with E-state index in [-0.39, 0.29) is 49.9 Å². The van der Waals surface area contributed by atoms with Crippen LogP contribution in [-0.4, -0.2) is 255 Å². The summed E-state index contributed by atoms with van der Waals surface area (Å²) in [5.74, 6) is -1.69. The van der Waals surface area contributed by atoms with Gasteiger partial charge in [0, 0.05) is 102 Å². The van der Waals surface area contributed by atoms with E-state index in [0.717, 1.165) is 133 Å². The molecule has 7 saturated heterocycles. The van der Waals surface area contributed by atoms with E-state index in [4.69, 9.17) is 58.5 Å². The molecular weight excluding hydrogens is 1350 g/mol. The molecule has 580 valence electrons. The number of rotatable bonds is 23. The second-order valence-corrected chi connectivity index (χ2v) is 24.8. The van der Waals surface area contributed by atoms with E-state index in [9.17, 15) is 33.6 Å². The first-order valence-corrected chi connectivity index (χ1v) is 37.3. The molecule has 11 rings (SSSR count). The lowest BCUT2D eigenvalue weighted by Crippen LogP contribution is -2.59. The Kier molecular flexibility index (Phi) is 51.6. The Balaban J connectivity index is 0.000000413. The Hall–Kier alpha value is -7.40. The molecular formula is C77H121BClN9O16. The molecule has 0 aliphatic carbocycles. The Morgan fingerprint density at radius 2 is 0.894 bits per heavy atom. The van der Waals surface area contributed by atoms with Gasteiger partial charge in [0.1, 0.15) is 52.4 Å². The zero-order valence-corrected chi connectivity index (χ0v) is 64.0. The van der Waals surface area contributed by atoms with Crippen molar-refractivity contribution in [1.29, 1.82) is 0 Å². The molecule has 0 saturated carbocycles. The summed E-state index contributed by atoms with van der Waals surface area (Å²) in [4.78, 5) is 89.9. The lowest BCUT2D eigenvalue weighted by Gasteiger charge is -2.42. The van der Waals surface area contributed by atoms with Crippen LogP contribution in [0.2, 0.25) is 0 Å². The molecule has 7 heterocycles. The fourth-order valence-electron chi connectivity index (χ4n) is 10.4. The topological polar surface area (TPSA) is 291 Å². The van der Waals surface area contributed by atoms with Crippen molar-refractivity contribution in [1.82, 2.24) is 45.3 Å². The number of likely N-dealkylation sites (tertiary alicyclic amines) is 3. The van der Waals surface area contributed by atoms with Crippen LogP contribution in [0, 0.1) is 0 Å². The standard InChI is InChI=1S/C16H22N2O3.C16H24N2O2.C12H13NO4.C8H7ClO2.C8H18N2.C4H7BO.C4H7NO2.C4H11N.C4H8O.CH4O/c1-3-17(4-2)15(19)14-10-11-18(14)16(20)21-12-13-8-6-5-7-9-13;1-3-17(4-2)12-15-10-11-18(15)16(19)20-13-14-8-6-5-7-9-14;14-11(15)10-6-7-13(10)12(16)17-8-9-4-2-1-3-5-9;9-8(10)11-6-7-4-2-1-3-5-7;1-3-10(4-2)7-8-5-6-9-8;5-4-2-1-3-6-4;6-4(7)3-1-2-5-3;1-3-5-4-2;1-2-4-5-3-1;1-2/h5-9,14H,3-4,10-12H2,1-2H3;5-9,15H,3-4,10-13H2,1-2H3;1-5,10H,6-8H2,(H,14,15);1-5H,6H2;8-9H,3-7H2,1-2H3;4H,1-3H2;3,5H,1-2H2,(H,6,7);5H,3-4H2,1-2H3;1-4H2;2H,1H3/t14-;15-;10-;;8-;;3-;;;/m000.0.0.../s1. The minimum absolute atomic E-state index is 0.0166. The van der Waals surface area contributed by atoms with Gasteiger partial charge in [-0.3, -0.25) is 19.4 Å². The maximum atomic E-state index is 12.3. The summed E-state index contributed by atoms with van der Waals surface area (Å²) in [7, 11) is 6.31. The van der Waals surface area contributed by atoms with Crippen molar-refractivity contribution >= 4 is 61.0 Å². The Morgan fingerprint density at radius 3 is 1.13 bits per heavy atom. The third-order valence-corrected chi connectivity index (χ3v) is 17.5. The van der Waals surface area contributed by atoms with Crippen LogP contribution in [0.25, 0.3) is 0 Å². The van der Waals surface area contributed by atoms with Crippen molar-refractivity contribution < 1.29 is 77.3 Å². The molecule has 1 unspecified atom stereocenters. The van der Waals surface area contributed by atoms with Crippen LogP contribution < -0.4 is 16.0 Å². The zero-order valence-electron chi connectivity index (χ0n) is 63.2. The molecule has 104 heavy (non-hydrogen) atoms. The average Bonchev–Trinajstić information content (AvgIpc) is 1.66. The Labute approximate surface area is 625 Å². The van der Waals surface area contributed by atoms with Crippen LogP contribution in [0.1, 0.15) is 135 Å². The van der Waals surface area contributed by atoms with Gasteiger partial charge in [-0.2, -0.15) is 0 Å². The number of carbonyl (C=O) groups is 7. The van der Waals surface area contributed by atoms with E-state index in [1.165, 1.54) is 55.2 Å². The minimum atomic E-state index is -0.979. The number of carboxylic acid groups (broad SMARTS) is 2. The summed E-state index contributed by atoms with van der Waals surface area (Å²) in [6.45, 7) is 34.8. The molecule has 4 aromatic rings. The molecule has 0 spiro atoms. The van der Waals surface area contributed by atoms with Crippen molar-refractivity contribution in [3.05, 3.63) is 144 Å². The number of hydrogen-bond donors (Lipinski definition) is 6. The smallest absolute Gasteiger partial charge is 0.410 e. The van der Waals surface area contributed by atoms with Crippen molar-refractivity contribution in [2.45, 2.75) is 176 Å². The van der Waals surface area contributed by atoms with E-state index in [2.05, 4.69) is 72.0 Å². The molecule has 6 atom stereocenters. The lowest BCUT2D eigenvalue weighted by atomic mass is 9.98.